The summed E-state index contributed by atoms with van der Waals surface area (Å²) < 4.78 is 5.80. The van der Waals surface area contributed by atoms with Gasteiger partial charge in [0.25, 0.3) is 0 Å². The summed E-state index contributed by atoms with van der Waals surface area (Å²) in [6, 6.07) is 0.208. The molecule has 0 heterocycles. The summed E-state index contributed by atoms with van der Waals surface area (Å²) in [5.74, 6) is -0.326. The topological polar surface area (TPSA) is 64.3 Å². The van der Waals surface area contributed by atoms with E-state index in [1.54, 1.807) is 0 Å². The smallest absolute Gasteiger partial charge is 0.237 e. The van der Waals surface area contributed by atoms with Crippen molar-refractivity contribution in [2.75, 3.05) is 6.61 Å². The van der Waals surface area contributed by atoms with Gasteiger partial charge in [-0.05, 0) is 39.5 Å². The van der Waals surface area contributed by atoms with Crippen molar-refractivity contribution in [2.24, 2.45) is 11.1 Å². The molecule has 0 aromatic heterocycles. The highest BCUT2D eigenvalue weighted by Crippen LogP contribution is 2.20. The largest absolute Gasteiger partial charge is 0.378 e. The van der Waals surface area contributed by atoms with Crippen LogP contribution < -0.4 is 11.1 Å². The van der Waals surface area contributed by atoms with E-state index in [0.29, 0.717) is 13.0 Å². The van der Waals surface area contributed by atoms with Crippen LogP contribution in [0.1, 0.15) is 61.3 Å². The zero-order valence-corrected chi connectivity index (χ0v) is 13.7. The van der Waals surface area contributed by atoms with Crippen molar-refractivity contribution in [1.29, 1.82) is 0 Å². The summed E-state index contributed by atoms with van der Waals surface area (Å²) in [4.78, 5) is 11.6. The molecular weight excluding hydrogens is 240 g/mol. The van der Waals surface area contributed by atoms with E-state index in [0.717, 1.165) is 6.42 Å². The lowest BCUT2D eigenvalue weighted by Crippen LogP contribution is -2.57. The van der Waals surface area contributed by atoms with Crippen LogP contribution in [0.5, 0.6) is 0 Å². The lowest BCUT2D eigenvalue weighted by Gasteiger charge is -2.32. The summed E-state index contributed by atoms with van der Waals surface area (Å²) in [6.45, 7) is 15.1. The van der Waals surface area contributed by atoms with E-state index >= 15 is 0 Å². The zero-order chi connectivity index (χ0) is 15.3. The van der Waals surface area contributed by atoms with Gasteiger partial charge in [0, 0.05) is 19.1 Å². The summed E-state index contributed by atoms with van der Waals surface area (Å²) in [5, 5.41) is 3.24. The number of nitrogens with one attached hydrogen (secondary N) is 1. The molecule has 114 valence electrons. The number of carbonyl (C=O) groups is 1. The molecular formula is C15H32N2O2. The average molecular weight is 272 g/mol. The Bertz CT molecular complexity index is 284. The fourth-order valence-corrected chi connectivity index (χ4v) is 2.07. The predicted octanol–water partition coefficient (Wildman–Crippen LogP) is 2.46. The first-order chi connectivity index (χ1) is 8.46. The summed E-state index contributed by atoms with van der Waals surface area (Å²) in [5.41, 5.74) is 5.06. The van der Waals surface area contributed by atoms with E-state index in [-0.39, 0.29) is 23.5 Å². The van der Waals surface area contributed by atoms with Gasteiger partial charge < -0.3 is 15.8 Å². The standard InChI is InChI=1S/C15H32N2O2/c1-11(2)17-15(7,13(16)18)10-12(3)19-9-8-14(4,5)6/h11-12,17H,8-10H2,1-7H3,(H2,16,18). The van der Waals surface area contributed by atoms with Gasteiger partial charge in [-0.25, -0.2) is 0 Å². The number of hydrogen-bond acceptors (Lipinski definition) is 3. The predicted molar refractivity (Wildman–Crippen MR) is 80.0 cm³/mol. The molecule has 0 aliphatic heterocycles. The second-order valence-corrected chi connectivity index (χ2v) is 7.19. The van der Waals surface area contributed by atoms with Crippen molar-refractivity contribution in [3.05, 3.63) is 0 Å². The third-order valence-corrected chi connectivity index (χ3v) is 3.10. The Morgan fingerprint density at radius 3 is 2.11 bits per heavy atom. The Balaban J connectivity index is 4.33. The van der Waals surface area contributed by atoms with Gasteiger partial charge in [-0.2, -0.15) is 0 Å². The molecule has 4 heteroatoms. The number of hydrogen-bond donors (Lipinski definition) is 2. The van der Waals surface area contributed by atoms with Crippen LogP contribution in [0.25, 0.3) is 0 Å². The molecule has 0 aliphatic rings. The van der Waals surface area contributed by atoms with Gasteiger partial charge >= 0.3 is 0 Å². The van der Waals surface area contributed by atoms with Crippen molar-refractivity contribution >= 4 is 5.91 Å². The molecule has 0 spiro atoms. The van der Waals surface area contributed by atoms with Gasteiger partial charge in [-0.15, -0.1) is 0 Å². The van der Waals surface area contributed by atoms with Crippen molar-refractivity contribution in [1.82, 2.24) is 5.32 Å². The molecule has 0 aromatic rings. The van der Waals surface area contributed by atoms with Crippen LogP contribution >= 0.6 is 0 Å². The molecule has 2 unspecified atom stereocenters. The Morgan fingerprint density at radius 1 is 1.21 bits per heavy atom. The number of nitrogens with two attached hydrogens (primary N) is 1. The monoisotopic (exact) mass is 272 g/mol. The minimum atomic E-state index is -0.713. The molecule has 0 fully saturated rings. The molecule has 0 aromatic carbocycles. The maximum absolute atomic E-state index is 11.6. The normalized spacial score (nSPS) is 17.3. The second kappa shape index (κ2) is 7.25. The first kappa shape index (κ1) is 18.4. The fourth-order valence-electron chi connectivity index (χ4n) is 2.07. The van der Waals surface area contributed by atoms with Crippen molar-refractivity contribution in [3.8, 4) is 0 Å². The summed E-state index contributed by atoms with van der Waals surface area (Å²) in [6.07, 6.45) is 1.60. The number of ether oxygens (including phenoxy) is 1. The molecule has 0 rings (SSSR count). The van der Waals surface area contributed by atoms with Crippen LogP contribution in [0.4, 0.5) is 0 Å². The highest BCUT2D eigenvalue weighted by molar-refractivity contribution is 5.84. The first-order valence-electron chi connectivity index (χ1n) is 7.15. The van der Waals surface area contributed by atoms with Crippen LogP contribution in [0.3, 0.4) is 0 Å². The van der Waals surface area contributed by atoms with Crippen LogP contribution in [0.2, 0.25) is 0 Å². The lowest BCUT2D eigenvalue weighted by atomic mass is 9.92. The van der Waals surface area contributed by atoms with E-state index in [2.05, 4.69) is 26.1 Å². The third-order valence-electron chi connectivity index (χ3n) is 3.10. The van der Waals surface area contributed by atoms with E-state index in [1.165, 1.54) is 0 Å². The Kier molecular flexibility index (Phi) is 7.01. The third kappa shape index (κ3) is 8.22. The maximum atomic E-state index is 11.6. The molecule has 0 radical (unpaired) electrons. The van der Waals surface area contributed by atoms with Crippen LogP contribution in [0, 0.1) is 5.41 Å². The van der Waals surface area contributed by atoms with Gasteiger partial charge in [0.05, 0.1) is 11.6 Å². The van der Waals surface area contributed by atoms with Crippen LogP contribution in [0.15, 0.2) is 0 Å². The van der Waals surface area contributed by atoms with Crippen molar-refractivity contribution in [3.63, 3.8) is 0 Å². The summed E-state index contributed by atoms with van der Waals surface area (Å²) >= 11 is 0. The van der Waals surface area contributed by atoms with E-state index in [4.69, 9.17) is 10.5 Å². The summed E-state index contributed by atoms with van der Waals surface area (Å²) in [7, 11) is 0. The van der Waals surface area contributed by atoms with Crippen LogP contribution in [-0.2, 0) is 9.53 Å². The quantitative estimate of drug-likeness (QED) is 0.713. The Morgan fingerprint density at radius 2 is 1.74 bits per heavy atom. The highest BCUT2D eigenvalue weighted by atomic mass is 16.5. The van der Waals surface area contributed by atoms with E-state index in [9.17, 15) is 4.79 Å². The van der Waals surface area contributed by atoms with Gasteiger partial charge in [-0.1, -0.05) is 20.8 Å². The molecule has 0 saturated carbocycles. The number of primary amides is 1. The van der Waals surface area contributed by atoms with E-state index in [1.807, 2.05) is 27.7 Å². The Labute approximate surface area is 118 Å². The Hall–Kier alpha value is -0.610. The molecule has 3 N–H and O–H groups in total. The van der Waals surface area contributed by atoms with Crippen LogP contribution in [-0.4, -0.2) is 30.2 Å². The lowest BCUT2D eigenvalue weighted by molar-refractivity contribution is -0.125. The SMILES string of the molecule is CC(C)NC(C)(CC(C)OCCC(C)(C)C)C(N)=O. The highest BCUT2D eigenvalue weighted by Gasteiger charge is 2.33. The van der Waals surface area contributed by atoms with Gasteiger partial charge in [-0.3, -0.25) is 4.79 Å². The number of carbonyl (C=O) groups excluding carboxylic acids is 1. The fraction of sp³-hybridized carbons (Fsp3) is 0.933. The zero-order valence-electron chi connectivity index (χ0n) is 13.7. The minimum Gasteiger partial charge on any atom is -0.378 e. The molecule has 0 aliphatic carbocycles. The van der Waals surface area contributed by atoms with Crippen molar-refractivity contribution < 1.29 is 9.53 Å². The van der Waals surface area contributed by atoms with Gasteiger partial charge in [0.2, 0.25) is 5.91 Å². The van der Waals surface area contributed by atoms with Gasteiger partial charge in [0.1, 0.15) is 0 Å². The maximum Gasteiger partial charge on any atom is 0.237 e. The average Bonchev–Trinajstić information content (AvgIpc) is 2.12. The minimum absolute atomic E-state index is 0.00565. The molecule has 2 atom stereocenters. The van der Waals surface area contributed by atoms with Gasteiger partial charge in [0.15, 0.2) is 0 Å². The molecule has 0 saturated heterocycles. The molecule has 4 nitrogen and oxygen atoms in total. The molecule has 0 bridgehead atoms. The van der Waals surface area contributed by atoms with Crippen molar-refractivity contribution in [2.45, 2.75) is 79.0 Å². The van der Waals surface area contributed by atoms with E-state index < -0.39 is 5.54 Å². The first-order valence-corrected chi connectivity index (χ1v) is 7.15. The molecule has 1 amide bonds. The number of rotatable bonds is 8. The number of amides is 1. The second-order valence-electron chi connectivity index (χ2n) is 7.19. The molecule has 19 heavy (non-hydrogen) atoms.